The van der Waals surface area contributed by atoms with E-state index in [1.165, 1.54) is 21.3 Å². The number of rotatable bonds is 6. The summed E-state index contributed by atoms with van der Waals surface area (Å²) in [6.45, 7) is 1.23. The molecule has 0 saturated carbocycles. The summed E-state index contributed by atoms with van der Waals surface area (Å²) in [5.74, 6) is 0.135. The molecule has 0 N–H and O–H groups in total. The molecule has 0 unspecified atom stereocenters. The molecule has 4 rings (SSSR count). The monoisotopic (exact) mass is 469 g/mol. The van der Waals surface area contributed by atoms with Crippen molar-refractivity contribution in [2.24, 2.45) is 0 Å². The van der Waals surface area contributed by atoms with Gasteiger partial charge in [0.05, 0.1) is 11.6 Å². The highest BCUT2D eigenvalue weighted by atomic mass is 35.5. The van der Waals surface area contributed by atoms with Crippen LogP contribution in [0.3, 0.4) is 0 Å². The molecule has 1 amide bonds. The SMILES string of the molecule is O=C(c1ccc(Cl)c(S(=O)(=O)N2CCCCC2)c1)N(Cc1ccccc1)c1ccccn1. The van der Waals surface area contributed by atoms with Gasteiger partial charge in [0.25, 0.3) is 5.91 Å². The molecule has 0 spiro atoms. The number of carbonyl (C=O) groups is 1. The van der Waals surface area contributed by atoms with Crippen LogP contribution in [0.2, 0.25) is 5.02 Å². The summed E-state index contributed by atoms with van der Waals surface area (Å²) in [6, 6.07) is 19.3. The van der Waals surface area contributed by atoms with Gasteiger partial charge in [0, 0.05) is 24.8 Å². The first-order valence-corrected chi connectivity index (χ1v) is 12.3. The van der Waals surface area contributed by atoms with Gasteiger partial charge in [0.1, 0.15) is 10.7 Å². The van der Waals surface area contributed by atoms with Gasteiger partial charge in [-0.3, -0.25) is 9.69 Å². The van der Waals surface area contributed by atoms with Gasteiger partial charge in [-0.25, -0.2) is 13.4 Å². The van der Waals surface area contributed by atoms with Gasteiger partial charge >= 0.3 is 0 Å². The molecule has 166 valence electrons. The number of amides is 1. The van der Waals surface area contributed by atoms with Crippen LogP contribution >= 0.6 is 11.6 Å². The van der Waals surface area contributed by atoms with E-state index < -0.39 is 10.0 Å². The summed E-state index contributed by atoms with van der Waals surface area (Å²) in [5.41, 5.74) is 1.17. The van der Waals surface area contributed by atoms with E-state index in [9.17, 15) is 13.2 Å². The minimum Gasteiger partial charge on any atom is -0.288 e. The molecule has 1 aromatic heterocycles. The fraction of sp³-hybridized carbons (Fsp3) is 0.250. The summed E-state index contributed by atoms with van der Waals surface area (Å²) < 4.78 is 27.9. The Kier molecular flexibility index (Phi) is 6.89. The molecule has 0 atom stereocenters. The van der Waals surface area contributed by atoms with Gasteiger partial charge in [-0.05, 0) is 48.7 Å². The van der Waals surface area contributed by atoms with Crippen molar-refractivity contribution in [3.05, 3.63) is 89.1 Å². The second kappa shape index (κ2) is 9.81. The lowest BCUT2D eigenvalue weighted by atomic mass is 10.1. The molecule has 2 heterocycles. The van der Waals surface area contributed by atoms with Crippen LogP contribution < -0.4 is 4.90 Å². The number of hydrogen-bond donors (Lipinski definition) is 0. The first-order chi connectivity index (χ1) is 15.5. The average molecular weight is 470 g/mol. The first-order valence-electron chi connectivity index (χ1n) is 10.5. The molecule has 1 saturated heterocycles. The predicted octanol–water partition coefficient (Wildman–Crippen LogP) is 4.76. The largest absolute Gasteiger partial charge is 0.288 e. The van der Waals surface area contributed by atoms with Gasteiger partial charge in [-0.2, -0.15) is 4.31 Å². The van der Waals surface area contributed by atoms with E-state index in [1.54, 1.807) is 24.4 Å². The number of hydrogen-bond acceptors (Lipinski definition) is 4. The van der Waals surface area contributed by atoms with Crippen molar-refractivity contribution < 1.29 is 13.2 Å². The van der Waals surface area contributed by atoms with Crippen LogP contribution in [0.4, 0.5) is 5.82 Å². The number of piperidine rings is 1. The maximum atomic E-state index is 13.6. The van der Waals surface area contributed by atoms with Gasteiger partial charge in [0.15, 0.2) is 0 Å². The Bertz CT molecular complexity index is 1180. The Balaban J connectivity index is 1.70. The van der Waals surface area contributed by atoms with Crippen LogP contribution in [0.1, 0.15) is 35.2 Å². The second-order valence-electron chi connectivity index (χ2n) is 7.67. The van der Waals surface area contributed by atoms with Crippen molar-refractivity contribution in [1.82, 2.24) is 9.29 Å². The Morgan fingerprint density at radius 2 is 1.69 bits per heavy atom. The molecule has 3 aromatic rings. The Morgan fingerprint density at radius 1 is 0.969 bits per heavy atom. The van der Waals surface area contributed by atoms with Crippen LogP contribution in [-0.4, -0.2) is 36.7 Å². The lowest BCUT2D eigenvalue weighted by molar-refractivity contribution is 0.0984. The molecular formula is C24H24ClN3O3S. The van der Waals surface area contributed by atoms with Crippen LogP contribution in [0.25, 0.3) is 0 Å². The second-order valence-corrected chi connectivity index (χ2v) is 9.99. The van der Waals surface area contributed by atoms with Crippen LogP contribution in [-0.2, 0) is 16.6 Å². The fourth-order valence-electron chi connectivity index (χ4n) is 3.77. The quantitative estimate of drug-likeness (QED) is 0.522. The molecule has 32 heavy (non-hydrogen) atoms. The van der Waals surface area contributed by atoms with E-state index in [-0.39, 0.29) is 21.4 Å². The normalized spacial score (nSPS) is 14.8. The lowest BCUT2D eigenvalue weighted by Crippen LogP contribution is -2.36. The molecular weight excluding hydrogens is 446 g/mol. The summed E-state index contributed by atoms with van der Waals surface area (Å²) in [6.07, 6.45) is 4.27. The average Bonchev–Trinajstić information content (AvgIpc) is 2.84. The van der Waals surface area contributed by atoms with Gasteiger partial charge in [-0.15, -0.1) is 0 Å². The molecule has 8 heteroatoms. The summed E-state index contributed by atoms with van der Waals surface area (Å²) in [4.78, 5) is 19.4. The van der Waals surface area contributed by atoms with E-state index in [1.807, 2.05) is 36.4 Å². The van der Waals surface area contributed by atoms with E-state index >= 15 is 0 Å². The van der Waals surface area contributed by atoms with Crippen molar-refractivity contribution in [3.8, 4) is 0 Å². The lowest BCUT2D eigenvalue weighted by Gasteiger charge is -2.27. The Labute approximate surface area is 193 Å². The highest BCUT2D eigenvalue weighted by molar-refractivity contribution is 7.89. The molecule has 1 aliphatic rings. The highest BCUT2D eigenvalue weighted by Crippen LogP contribution is 2.29. The molecule has 0 bridgehead atoms. The fourth-order valence-corrected chi connectivity index (χ4v) is 5.79. The van der Waals surface area contributed by atoms with E-state index in [0.717, 1.165) is 24.8 Å². The number of nitrogens with zero attached hydrogens (tertiary/aromatic N) is 3. The van der Waals surface area contributed by atoms with Gasteiger partial charge in [0.2, 0.25) is 10.0 Å². The Morgan fingerprint density at radius 3 is 2.38 bits per heavy atom. The van der Waals surface area contributed by atoms with E-state index in [4.69, 9.17) is 11.6 Å². The van der Waals surface area contributed by atoms with Crippen molar-refractivity contribution in [2.45, 2.75) is 30.7 Å². The molecule has 6 nitrogen and oxygen atoms in total. The van der Waals surface area contributed by atoms with E-state index in [0.29, 0.717) is 25.5 Å². The summed E-state index contributed by atoms with van der Waals surface area (Å²) >= 11 is 6.29. The van der Waals surface area contributed by atoms with Crippen molar-refractivity contribution in [3.63, 3.8) is 0 Å². The minimum atomic E-state index is -3.78. The highest BCUT2D eigenvalue weighted by Gasteiger charge is 2.29. The summed E-state index contributed by atoms with van der Waals surface area (Å²) in [5, 5.41) is 0.111. The number of carbonyl (C=O) groups excluding carboxylic acids is 1. The predicted molar refractivity (Wildman–Crippen MR) is 125 cm³/mol. The molecule has 0 aliphatic carbocycles. The van der Waals surface area contributed by atoms with E-state index in [2.05, 4.69) is 4.98 Å². The van der Waals surface area contributed by atoms with Gasteiger partial charge < -0.3 is 0 Å². The Hall–Kier alpha value is -2.74. The van der Waals surface area contributed by atoms with Crippen molar-refractivity contribution >= 4 is 33.3 Å². The number of aromatic nitrogens is 1. The molecule has 1 fully saturated rings. The number of sulfonamides is 1. The number of halogens is 1. The van der Waals surface area contributed by atoms with Crippen molar-refractivity contribution in [2.75, 3.05) is 18.0 Å². The maximum absolute atomic E-state index is 13.6. The third-order valence-electron chi connectivity index (χ3n) is 5.47. The van der Waals surface area contributed by atoms with Crippen LogP contribution in [0.5, 0.6) is 0 Å². The summed E-state index contributed by atoms with van der Waals surface area (Å²) in [7, 11) is -3.78. The van der Waals surface area contributed by atoms with Crippen LogP contribution in [0, 0.1) is 0 Å². The minimum absolute atomic E-state index is 0.0346. The zero-order valence-electron chi connectivity index (χ0n) is 17.5. The molecule has 2 aromatic carbocycles. The number of benzene rings is 2. The molecule has 0 radical (unpaired) electrons. The first kappa shape index (κ1) is 22.5. The zero-order valence-corrected chi connectivity index (χ0v) is 19.1. The smallest absolute Gasteiger partial charge is 0.259 e. The topological polar surface area (TPSA) is 70.6 Å². The zero-order chi connectivity index (χ0) is 22.6. The van der Waals surface area contributed by atoms with Gasteiger partial charge in [-0.1, -0.05) is 54.4 Å². The number of pyridine rings is 1. The standard InChI is InChI=1S/C24H24ClN3O3S/c25-21-13-12-20(17-22(21)32(30,31)27-15-7-2-8-16-27)24(29)28(23-11-5-6-14-26-23)18-19-9-3-1-4-10-19/h1,3-6,9-14,17H,2,7-8,15-16,18H2. The number of anilines is 1. The maximum Gasteiger partial charge on any atom is 0.259 e. The van der Waals surface area contributed by atoms with Crippen LogP contribution in [0.15, 0.2) is 77.8 Å². The third kappa shape index (κ3) is 4.85. The third-order valence-corrected chi connectivity index (χ3v) is 7.85. The molecule has 1 aliphatic heterocycles. The van der Waals surface area contributed by atoms with Crippen molar-refractivity contribution in [1.29, 1.82) is 0 Å².